The fourth-order valence-electron chi connectivity index (χ4n) is 2.30. The van der Waals surface area contributed by atoms with Gasteiger partial charge in [-0.05, 0) is 13.0 Å². The first-order valence-corrected chi connectivity index (χ1v) is 6.77. The van der Waals surface area contributed by atoms with Crippen LogP contribution < -0.4 is 15.8 Å². The van der Waals surface area contributed by atoms with Gasteiger partial charge >= 0.3 is 0 Å². The first-order chi connectivity index (χ1) is 10.1. The molecule has 2 heterocycles. The molecule has 0 saturated carbocycles. The Morgan fingerprint density at radius 1 is 1.33 bits per heavy atom. The third kappa shape index (κ3) is 2.86. The van der Waals surface area contributed by atoms with Gasteiger partial charge in [0.2, 0.25) is 11.9 Å². The summed E-state index contributed by atoms with van der Waals surface area (Å²) in [6.45, 7) is 1.96. The Bertz CT molecular complexity index is 649. The summed E-state index contributed by atoms with van der Waals surface area (Å²) in [5, 5.41) is 3.18. The summed E-state index contributed by atoms with van der Waals surface area (Å²) in [5.41, 5.74) is 6.63. The van der Waals surface area contributed by atoms with Crippen LogP contribution in [0.3, 0.4) is 0 Å². The highest BCUT2D eigenvalue weighted by molar-refractivity contribution is 5.43. The van der Waals surface area contributed by atoms with Crippen molar-refractivity contribution in [3.05, 3.63) is 35.7 Å². The molecule has 21 heavy (non-hydrogen) atoms. The molecule has 0 amide bonds. The van der Waals surface area contributed by atoms with Crippen LogP contribution >= 0.6 is 0 Å². The predicted molar refractivity (Wildman–Crippen MR) is 76.7 cm³/mol. The van der Waals surface area contributed by atoms with Crippen LogP contribution in [0, 0.1) is 0 Å². The van der Waals surface area contributed by atoms with Crippen molar-refractivity contribution in [3.8, 4) is 5.75 Å². The number of hydrogen-bond donors (Lipinski definition) is 2. The lowest BCUT2D eigenvalue weighted by Crippen LogP contribution is -2.22. The monoisotopic (exact) mass is 289 g/mol. The Hall–Kier alpha value is -2.44. The Labute approximate surface area is 121 Å². The predicted octanol–water partition coefficient (Wildman–Crippen LogP) is 2.42. The lowest BCUT2D eigenvalue weighted by atomic mass is 10.0. The number of ether oxygens (including phenoxy) is 1. The van der Waals surface area contributed by atoms with Crippen molar-refractivity contribution < 1.29 is 9.13 Å². The van der Waals surface area contributed by atoms with Crippen LogP contribution in [0.25, 0.3) is 0 Å². The van der Waals surface area contributed by atoms with E-state index >= 15 is 0 Å². The van der Waals surface area contributed by atoms with Crippen LogP contribution in [-0.4, -0.2) is 21.6 Å². The van der Waals surface area contributed by atoms with Gasteiger partial charge in [-0.2, -0.15) is 15.0 Å². The van der Waals surface area contributed by atoms with E-state index in [1.165, 1.54) is 6.92 Å². The van der Waals surface area contributed by atoms with Gasteiger partial charge in [-0.1, -0.05) is 18.2 Å². The van der Waals surface area contributed by atoms with Crippen LogP contribution in [0.2, 0.25) is 0 Å². The van der Waals surface area contributed by atoms with E-state index in [9.17, 15) is 4.39 Å². The van der Waals surface area contributed by atoms with E-state index in [1.807, 2.05) is 24.3 Å². The summed E-state index contributed by atoms with van der Waals surface area (Å²) >= 11 is 0. The van der Waals surface area contributed by atoms with Crippen molar-refractivity contribution in [1.29, 1.82) is 0 Å². The number of para-hydroxylation sites is 1. The minimum Gasteiger partial charge on any atom is -0.493 e. The molecule has 110 valence electrons. The third-order valence-corrected chi connectivity index (χ3v) is 3.29. The number of nitrogens with zero attached hydrogens (tertiary/aromatic N) is 3. The Balaban J connectivity index is 1.88. The quantitative estimate of drug-likeness (QED) is 0.902. The maximum Gasteiger partial charge on any atom is 0.228 e. The maximum absolute atomic E-state index is 13.4. The van der Waals surface area contributed by atoms with Gasteiger partial charge in [0.25, 0.3) is 0 Å². The summed E-state index contributed by atoms with van der Waals surface area (Å²) in [4.78, 5) is 11.9. The van der Waals surface area contributed by atoms with Crippen molar-refractivity contribution in [2.24, 2.45) is 0 Å². The van der Waals surface area contributed by atoms with Crippen molar-refractivity contribution in [3.63, 3.8) is 0 Å². The van der Waals surface area contributed by atoms with E-state index in [4.69, 9.17) is 10.5 Å². The molecule has 1 unspecified atom stereocenters. The van der Waals surface area contributed by atoms with Crippen molar-refractivity contribution in [1.82, 2.24) is 15.0 Å². The summed E-state index contributed by atoms with van der Waals surface area (Å²) in [7, 11) is 0. The average Bonchev–Trinajstić information content (AvgIpc) is 2.47. The first kappa shape index (κ1) is 13.5. The molecule has 1 aromatic carbocycles. The average molecular weight is 289 g/mol. The molecular weight excluding hydrogens is 273 g/mol. The van der Waals surface area contributed by atoms with Gasteiger partial charge in [-0.3, -0.25) is 0 Å². The normalized spacial score (nSPS) is 18.5. The molecule has 1 aromatic heterocycles. The molecule has 2 aromatic rings. The van der Waals surface area contributed by atoms with Gasteiger partial charge < -0.3 is 15.8 Å². The number of halogens is 1. The van der Waals surface area contributed by atoms with Gasteiger partial charge in [0, 0.05) is 12.0 Å². The lowest BCUT2D eigenvalue weighted by molar-refractivity contribution is 0.274. The molecule has 1 aliphatic heterocycles. The van der Waals surface area contributed by atoms with Gasteiger partial charge in [0.1, 0.15) is 5.75 Å². The van der Waals surface area contributed by atoms with Crippen LogP contribution in [0.4, 0.5) is 16.3 Å². The van der Waals surface area contributed by atoms with Gasteiger partial charge in [-0.25, -0.2) is 4.39 Å². The minimum absolute atomic E-state index is 0.000447. The van der Waals surface area contributed by atoms with Crippen molar-refractivity contribution in [2.75, 3.05) is 17.7 Å². The highest BCUT2D eigenvalue weighted by Crippen LogP contribution is 2.33. The molecule has 3 rings (SSSR count). The van der Waals surface area contributed by atoms with E-state index in [-0.39, 0.29) is 23.8 Å². The molecule has 0 bridgehead atoms. The number of anilines is 2. The fraction of sp³-hybridized carbons (Fsp3) is 0.357. The number of nitrogens with two attached hydrogens (primary N) is 1. The zero-order valence-corrected chi connectivity index (χ0v) is 11.6. The van der Waals surface area contributed by atoms with E-state index in [0.29, 0.717) is 6.61 Å². The summed E-state index contributed by atoms with van der Waals surface area (Å²) in [5.74, 6) is 1.16. The largest absolute Gasteiger partial charge is 0.493 e. The first-order valence-electron chi connectivity index (χ1n) is 6.77. The molecule has 0 aliphatic carbocycles. The summed E-state index contributed by atoms with van der Waals surface area (Å²) in [6, 6.07) is 7.76. The minimum atomic E-state index is -1.29. The Kier molecular flexibility index (Phi) is 3.55. The summed E-state index contributed by atoms with van der Waals surface area (Å²) in [6.07, 6.45) is -0.527. The second-order valence-electron chi connectivity index (χ2n) is 4.86. The second-order valence-corrected chi connectivity index (χ2v) is 4.86. The third-order valence-electron chi connectivity index (χ3n) is 3.29. The number of aromatic nitrogens is 3. The number of alkyl halides is 1. The van der Waals surface area contributed by atoms with Crippen LogP contribution in [0.15, 0.2) is 24.3 Å². The van der Waals surface area contributed by atoms with Crippen molar-refractivity contribution >= 4 is 11.9 Å². The van der Waals surface area contributed by atoms with Crippen LogP contribution in [0.1, 0.15) is 36.9 Å². The van der Waals surface area contributed by atoms with Crippen LogP contribution in [-0.2, 0) is 0 Å². The van der Waals surface area contributed by atoms with Gasteiger partial charge in [-0.15, -0.1) is 0 Å². The Morgan fingerprint density at radius 2 is 2.14 bits per heavy atom. The number of nitrogens with one attached hydrogen (secondary N) is 1. The molecule has 2 atom stereocenters. The Morgan fingerprint density at radius 3 is 2.95 bits per heavy atom. The number of fused-ring (bicyclic) bond motifs is 1. The number of nitrogen functional groups attached to an aromatic ring is 1. The van der Waals surface area contributed by atoms with Gasteiger partial charge in [0.05, 0.1) is 12.6 Å². The smallest absolute Gasteiger partial charge is 0.228 e. The molecule has 7 heteroatoms. The SMILES string of the molecule is CC(F)c1nc(N)nc(N[C@@H]2CCOc3ccccc32)n1. The number of benzene rings is 1. The number of hydrogen-bond acceptors (Lipinski definition) is 6. The van der Waals surface area contributed by atoms with E-state index < -0.39 is 6.17 Å². The van der Waals surface area contributed by atoms with E-state index in [0.717, 1.165) is 17.7 Å². The zero-order chi connectivity index (χ0) is 14.8. The fourth-order valence-corrected chi connectivity index (χ4v) is 2.30. The van der Waals surface area contributed by atoms with E-state index in [2.05, 4.69) is 20.3 Å². The molecule has 6 nitrogen and oxygen atoms in total. The molecule has 0 fully saturated rings. The second kappa shape index (κ2) is 5.51. The maximum atomic E-state index is 13.4. The topological polar surface area (TPSA) is 86.0 Å². The standard InChI is InChI=1S/C14H16FN5O/c1-8(15)12-18-13(16)20-14(19-12)17-10-6-7-21-11-5-3-2-4-9(10)11/h2-5,8,10H,6-7H2,1H3,(H3,16,17,18,19,20)/t8?,10-/m1/s1. The van der Waals surface area contributed by atoms with E-state index in [1.54, 1.807) is 0 Å². The van der Waals surface area contributed by atoms with Crippen molar-refractivity contribution in [2.45, 2.75) is 25.6 Å². The lowest BCUT2D eigenvalue weighted by Gasteiger charge is -2.26. The molecular formula is C14H16FN5O. The molecule has 1 aliphatic rings. The van der Waals surface area contributed by atoms with Crippen LogP contribution in [0.5, 0.6) is 5.75 Å². The molecule has 0 spiro atoms. The summed E-state index contributed by atoms with van der Waals surface area (Å²) < 4.78 is 19.0. The molecule has 3 N–H and O–H groups in total. The number of rotatable bonds is 3. The zero-order valence-electron chi connectivity index (χ0n) is 11.6. The highest BCUT2D eigenvalue weighted by atomic mass is 19.1. The molecule has 0 saturated heterocycles. The van der Waals surface area contributed by atoms with Gasteiger partial charge in [0.15, 0.2) is 12.0 Å². The molecule has 0 radical (unpaired) electrons. The highest BCUT2D eigenvalue weighted by Gasteiger charge is 2.22.